The molecule has 0 N–H and O–H groups in total. The molecule has 0 amide bonds. The molecule has 24 heavy (non-hydrogen) atoms. The summed E-state index contributed by atoms with van der Waals surface area (Å²) in [6.45, 7) is 4.50. The summed E-state index contributed by atoms with van der Waals surface area (Å²) in [6.07, 6.45) is 9.50. The van der Waals surface area contributed by atoms with Gasteiger partial charge in [0.25, 0.3) is 0 Å². The maximum atomic E-state index is 4.78. The average Bonchev–Trinajstić information content (AvgIpc) is 3.12. The molecule has 2 aromatic rings. The molecule has 2 unspecified atom stereocenters. The molecule has 0 bridgehead atoms. The SMILES string of the molecule is [CH2]=[Zr+2]([CH]1C=Cc2cccc(C)c21)[CH]1C=Cc2cccc(C)c21.[Cl-].[Cl-]. The van der Waals surface area contributed by atoms with Gasteiger partial charge in [-0.2, -0.15) is 0 Å². The summed E-state index contributed by atoms with van der Waals surface area (Å²) in [4.78, 5) is 0. The molecular weight excluding hydrogens is 414 g/mol. The molecule has 0 nitrogen and oxygen atoms in total. The standard InChI is InChI=1S/2C10H9.CH2.2ClH.Zr/c2*1-8-4-2-5-9-6-3-7-10(8)9;;;;/h2*2-7H,1H3;1H2;2*1H;/q;;;;;+2/p-2. The molecule has 2 aromatic carbocycles. The van der Waals surface area contributed by atoms with Crippen LogP contribution in [0.15, 0.2) is 48.6 Å². The fraction of sp³-hybridized carbons (Fsp3) is 0.190. The minimum atomic E-state index is -1.92. The molecule has 0 saturated heterocycles. The quantitative estimate of drug-likeness (QED) is 0.581. The van der Waals surface area contributed by atoms with Crippen LogP contribution < -0.4 is 24.8 Å². The summed E-state index contributed by atoms with van der Waals surface area (Å²) >= 11 is -1.92. The third-order valence-corrected chi connectivity index (χ3v) is 11.4. The number of aryl methyl sites for hydroxylation is 2. The fourth-order valence-electron chi connectivity index (χ4n) is 3.95. The summed E-state index contributed by atoms with van der Waals surface area (Å²) in [5, 5.41) is 0. The van der Waals surface area contributed by atoms with E-state index >= 15 is 0 Å². The van der Waals surface area contributed by atoms with Gasteiger partial charge < -0.3 is 24.8 Å². The van der Waals surface area contributed by atoms with E-state index in [0.29, 0.717) is 7.25 Å². The monoisotopic (exact) mass is 432 g/mol. The third kappa shape index (κ3) is 3.07. The smallest absolute Gasteiger partial charge is 1.00 e. The van der Waals surface area contributed by atoms with Gasteiger partial charge in [0.2, 0.25) is 0 Å². The van der Waals surface area contributed by atoms with Gasteiger partial charge in [-0.3, -0.25) is 0 Å². The van der Waals surface area contributed by atoms with Crippen LogP contribution >= 0.6 is 0 Å². The summed E-state index contributed by atoms with van der Waals surface area (Å²) in [6, 6.07) is 13.3. The van der Waals surface area contributed by atoms with Crippen LogP contribution in [0.5, 0.6) is 0 Å². The van der Waals surface area contributed by atoms with Crippen molar-refractivity contribution in [3.05, 3.63) is 81.9 Å². The topological polar surface area (TPSA) is 0 Å². The molecule has 3 heteroatoms. The summed E-state index contributed by atoms with van der Waals surface area (Å²) in [7, 11) is 0. The van der Waals surface area contributed by atoms with Gasteiger partial charge in [-0.15, -0.1) is 0 Å². The predicted molar refractivity (Wildman–Crippen MR) is 93.0 cm³/mol. The van der Waals surface area contributed by atoms with Gasteiger partial charge in [-0.25, -0.2) is 0 Å². The van der Waals surface area contributed by atoms with Crippen LogP contribution in [0, 0.1) is 13.8 Å². The first-order valence-corrected chi connectivity index (χ1v) is 12.5. The molecule has 2 aliphatic rings. The van der Waals surface area contributed by atoms with Crippen LogP contribution in [-0.2, 0) is 21.3 Å². The largest absolute Gasteiger partial charge is 1.00 e. The minimum Gasteiger partial charge on any atom is -1.00 e. The van der Waals surface area contributed by atoms with Crippen LogP contribution in [0.1, 0.15) is 40.6 Å². The van der Waals surface area contributed by atoms with Gasteiger partial charge in [0.05, 0.1) is 0 Å². The van der Waals surface area contributed by atoms with Crippen molar-refractivity contribution in [2.24, 2.45) is 0 Å². The van der Waals surface area contributed by atoms with E-state index in [4.69, 9.17) is 4.21 Å². The second kappa shape index (κ2) is 7.65. The molecule has 0 aliphatic heterocycles. The van der Waals surface area contributed by atoms with Crippen molar-refractivity contribution in [2.45, 2.75) is 21.1 Å². The Hall–Kier alpha value is -0.747. The van der Waals surface area contributed by atoms with Crippen molar-refractivity contribution < 1.29 is 46.1 Å². The van der Waals surface area contributed by atoms with E-state index in [1.54, 1.807) is 11.1 Å². The third-order valence-electron chi connectivity index (χ3n) is 5.07. The van der Waals surface area contributed by atoms with Crippen LogP contribution in [0.2, 0.25) is 0 Å². The van der Waals surface area contributed by atoms with Crippen molar-refractivity contribution in [3.63, 3.8) is 0 Å². The van der Waals surface area contributed by atoms with Crippen LogP contribution in [0.3, 0.4) is 0 Å². The molecule has 0 saturated carbocycles. The van der Waals surface area contributed by atoms with E-state index < -0.39 is 21.3 Å². The van der Waals surface area contributed by atoms with E-state index in [-0.39, 0.29) is 24.8 Å². The van der Waals surface area contributed by atoms with Gasteiger partial charge in [-0.05, 0) is 0 Å². The van der Waals surface area contributed by atoms with E-state index in [2.05, 4.69) is 74.5 Å². The maximum absolute atomic E-state index is 4.78. The van der Waals surface area contributed by atoms with Crippen molar-refractivity contribution >= 4 is 16.4 Å². The van der Waals surface area contributed by atoms with Gasteiger partial charge >= 0.3 is 141 Å². The van der Waals surface area contributed by atoms with E-state index in [1.807, 2.05) is 0 Å². The van der Waals surface area contributed by atoms with Crippen molar-refractivity contribution in [3.8, 4) is 0 Å². The number of benzene rings is 2. The normalized spacial score (nSPS) is 18.9. The van der Waals surface area contributed by atoms with Crippen molar-refractivity contribution in [2.75, 3.05) is 0 Å². The van der Waals surface area contributed by atoms with E-state index in [0.717, 1.165) is 0 Å². The molecule has 0 spiro atoms. The minimum absolute atomic E-state index is 0. The Labute approximate surface area is 164 Å². The molecule has 2 aliphatic carbocycles. The van der Waals surface area contributed by atoms with Crippen molar-refractivity contribution in [1.82, 2.24) is 0 Å². The molecule has 0 fully saturated rings. The molecule has 4 rings (SSSR count). The van der Waals surface area contributed by atoms with Gasteiger partial charge in [0.15, 0.2) is 0 Å². The molecule has 0 heterocycles. The Morgan fingerprint density at radius 2 is 1.17 bits per heavy atom. The Morgan fingerprint density at radius 1 is 0.750 bits per heavy atom. The fourth-order valence-corrected chi connectivity index (χ4v) is 10.4. The number of rotatable bonds is 2. The van der Waals surface area contributed by atoms with Gasteiger partial charge in [0.1, 0.15) is 0 Å². The number of hydrogen-bond donors (Lipinski definition) is 0. The number of hydrogen-bond acceptors (Lipinski definition) is 0. The van der Waals surface area contributed by atoms with E-state index in [9.17, 15) is 0 Å². The van der Waals surface area contributed by atoms with Gasteiger partial charge in [0, 0.05) is 0 Å². The zero-order chi connectivity index (χ0) is 15.3. The van der Waals surface area contributed by atoms with Crippen molar-refractivity contribution in [1.29, 1.82) is 0 Å². The van der Waals surface area contributed by atoms with Crippen LogP contribution in [0.25, 0.3) is 12.2 Å². The maximum Gasteiger partial charge on any atom is -1.00 e. The first kappa shape index (κ1) is 19.6. The molecule has 2 atom stereocenters. The second-order valence-corrected chi connectivity index (χ2v) is 12.3. The average molecular weight is 435 g/mol. The molecule has 0 radical (unpaired) electrons. The summed E-state index contributed by atoms with van der Waals surface area (Å²) in [5.74, 6) is 0. The number of halogens is 2. The predicted octanol–water partition coefficient (Wildman–Crippen LogP) is -0.802. The first-order valence-electron chi connectivity index (χ1n) is 7.91. The molecule has 122 valence electrons. The number of fused-ring (bicyclic) bond motifs is 2. The first-order chi connectivity index (χ1) is 10.7. The Balaban J connectivity index is 0.00000104. The Morgan fingerprint density at radius 3 is 1.58 bits per heavy atom. The zero-order valence-corrected chi connectivity index (χ0v) is 17.9. The summed E-state index contributed by atoms with van der Waals surface area (Å²) in [5.41, 5.74) is 8.81. The van der Waals surface area contributed by atoms with Gasteiger partial charge in [-0.1, -0.05) is 0 Å². The Bertz CT molecular complexity index is 779. The molecular formula is C21H20Cl2Zr. The zero-order valence-electron chi connectivity index (χ0n) is 13.9. The second-order valence-electron chi connectivity index (χ2n) is 6.40. The molecule has 0 aromatic heterocycles. The van der Waals surface area contributed by atoms with Crippen LogP contribution in [-0.4, -0.2) is 4.21 Å². The van der Waals surface area contributed by atoms with E-state index in [1.165, 1.54) is 22.3 Å². The Kier molecular flexibility index (Phi) is 6.24. The summed E-state index contributed by atoms with van der Waals surface area (Å²) < 4.78 is 6.00. The van der Waals surface area contributed by atoms with Crippen LogP contribution in [0.4, 0.5) is 0 Å². The number of allylic oxidation sites excluding steroid dienone is 2.